The van der Waals surface area contributed by atoms with Crippen LogP contribution in [0.5, 0.6) is 5.75 Å². The number of rotatable bonds is 5. The molecule has 0 aliphatic rings. The first-order valence-corrected chi connectivity index (χ1v) is 7.76. The molecule has 1 aromatic rings. The molecular formula is C18H28N2O3. The number of carbonyl (C=O) groups excluding carboxylic acids is 2. The number of hydrogen-bond donors (Lipinski definition) is 2. The standard InChI is InChI=1S/C18H28N2O3/c1-17(2,3)12-18(4,5)20-16(22)15(21)19-11-13-7-9-14(23-6)10-8-13/h7-10H,11-12H2,1-6H3,(H,19,21)(H,20,22). The van der Waals surface area contributed by atoms with E-state index in [4.69, 9.17) is 4.74 Å². The fourth-order valence-corrected chi connectivity index (χ4v) is 2.74. The van der Waals surface area contributed by atoms with Gasteiger partial charge in [0, 0.05) is 12.1 Å². The molecule has 0 spiro atoms. The molecule has 1 rings (SSSR count). The lowest BCUT2D eigenvalue weighted by molar-refractivity contribution is -0.140. The lowest BCUT2D eigenvalue weighted by Crippen LogP contribution is -2.51. The van der Waals surface area contributed by atoms with Gasteiger partial charge in [0.05, 0.1) is 7.11 Å². The summed E-state index contributed by atoms with van der Waals surface area (Å²) in [4.78, 5) is 24.0. The van der Waals surface area contributed by atoms with Gasteiger partial charge in [-0.05, 0) is 43.4 Å². The van der Waals surface area contributed by atoms with Crippen LogP contribution in [0.25, 0.3) is 0 Å². The van der Waals surface area contributed by atoms with Gasteiger partial charge in [0.25, 0.3) is 0 Å². The number of benzene rings is 1. The number of hydrogen-bond acceptors (Lipinski definition) is 3. The van der Waals surface area contributed by atoms with Crippen molar-refractivity contribution in [1.29, 1.82) is 0 Å². The summed E-state index contributed by atoms with van der Waals surface area (Å²) in [6, 6.07) is 7.32. The quantitative estimate of drug-likeness (QED) is 0.820. The maximum Gasteiger partial charge on any atom is 0.309 e. The van der Waals surface area contributed by atoms with Crippen LogP contribution in [0.2, 0.25) is 0 Å². The molecule has 0 fully saturated rings. The zero-order chi connectivity index (χ0) is 17.7. The van der Waals surface area contributed by atoms with E-state index in [0.29, 0.717) is 6.54 Å². The second-order valence-electron chi connectivity index (χ2n) is 7.61. The van der Waals surface area contributed by atoms with Gasteiger partial charge in [-0.2, -0.15) is 0 Å². The van der Waals surface area contributed by atoms with Crippen molar-refractivity contribution in [2.45, 2.75) is 53.1 Å². The van der Waals surface area contributed by atoms with Crippen molar-refractivity contribution in [3.05, 3.63) is 29.8 Å². The minimum atomic E-state index is -0.622. The van der Waals surface area contributed by atoms with E-state index in [2.05, 4.69) is 31.4 Å². The van der Waals surface area contributed by atoms with Crippen LogP contribution < -0.4 is 15.4 Å². The minimum Gasteiger partial charge on any atom is -0.497 e. The molecule has 23 heavy (non-hydrogen) atoms. The van der Waals surface area contributed by atoms with Gasteiger partial charge in [-0.1, -0.05) is 32.9 Å². The van der Waals surface area contributed by atoms with Crippen LogP contribution >= 0.6 is 0 Å². The Bertz CT molecular complexity index is 542. The lowest BCUT2D eigenvalue weighted by atomic mass is 9.82. The van der Waals surface area contributed by atoms with Gasteiger partial charge in [0.1, 0.15) is 5.75 Å². The minimum absolute atomic E-state index is 0.0658. The first-order valence-electron chi connectivity index (χ1n) is 7.76. The highest BCUT2D eigenvalue weighted by Gasteiger charge is 2.29. The third-order valence-corrected chi connectivity index (χ3v) is 3.24. The van der Waals surface area contributed by atoms with E-state index >= 15 is 0 Å². The summed E-state index contributed by atoms with van der Waals surface area (Å²) < 4.78 is 5.08. The van der Waals surface area contributed by atoms with E-state index < -0.39 is 17.4 Å². The first kappa shape index (κ1) is 19.0. The highest BCUT2D eigenvalue weighted by molar-refractivity contribution is 6.35. The van der Waals surface area contributed by atoms with Crippen LogP contribution in [0.15, 0.2) is 24.3 Å². The molecule has 2 N–H and O–H groups in total. The van der Waals surface area contributed by atoms with E-state index in [1.165, 1.54) is 0 Å². The molecule has 2 amide bonds. The van der Waals surface area contributed by atoms with Gasteiger partial charge in [-0.15, -0.1) is 0 Å². The summed E-state index contributed by atoms with van der Waals surface area (Å²) in [5, 5.41) is 5.43. The Kier molecular flexibility index (Phi) is 6.19. The average molecular weight is 320 g/mol. The summed E-state index contributed by atoms with van der Waals surface area (Å²) in [6.07, 6.45) is 0.775. The van der Waals surface area contributed by atoms with Crippen LogP contribution in [0, 0.1) is 5.41 Å². The molecule has 0 aliphatic carbocycles. The Morgan fingerprint density at radius 1 is 1.00 bits per heavy atom. The molecule has 0 saturated carbocycles. The molecule has 0 bridgehead atoms. The molecule has 0 atom stereocenters. The fraction of sp³-hybridized carbons (Fsp3) is 0.556. The van der Waals surface area contributed by atoms with Crippen molar-refractivity contribution >= 4 is 11.8 Å². The molecular weight excluding hydrogens is 292 g/mol. The Hall–Kier alpha value is -2.04. The second kappa shape index (κ2) is 7.49. The SMILES string of the molecule is COc1ccc(CNC(=O)C(=O)NC(C)(C)CC(C)(C)C)cc1. The van der Waals surface area contributed by atoms with E-state index in [9.17, 15) is 9.59 Å². The second-order valence-corrected chi connectivity index (χ2v) is 7.61. The zero-order valence-electron chi connectivity index (χ0n) is 14.9. The lowest BCUT2D eigenvalue weighted by Gasteiger charge is -2.33. The monoisotopic (exact) mass is 320 g/mol. The fourth-order valence-electron chi connectivity index (χ4n) is 2.74. The van der Waals surface area contributed by atoms with Crippen LogP contribution in [0.3, 0.4) is 0 Å². The number of nitrogens with one attached hydrogen (secondary N) is 2. The largest absolute Gasteiger partial charge is 0.497 e. The van der Waals surface area contributed by atoms with Gasteiger partial charge in [-0.25, -0.2) is 0 Å². The maximum absolute atomic E-state index is 12.0. The Labute approximate surface area is 138 Å². The molecule has 0 aliphatic heterocycles. The highest BCUT2D eigenvalue weighted by Crippen LogP contribution is 2.26. The van der Waals surface area contributed by atoms with Crippen molar-refractivity contribution in [3.8, 4) is 5.75 Å². The molecule has 1 aromatic carbocycles. The van der Waals surface area contributed by atoms with Crippen molar-refractivity contribution in [3.63, 3.8) is 0 Å². The molecule has 5 heteroatoms. The van der Waals surface area contributed by atoms with Gasteiger partial charge < -0.3 is 15.4 Å². The summed E-state index contributed by atoms with van der Waals surface area (Å²) >= 11 is 0. The van der Waals surface area contributed by atoms with Crippen LogP contribution in [0.1, 0.15) is 46.6 Å². The normalized spacial score (nSPS) is 11.7. The average Bonchev–Trinajstić information content (AvgIpc) is 2.42. The number of ether oxygens (including phenoxy) is 1. The van der Waals surface area contributed by atoms with Crippen molar-refractivity contribution in [2.75, 3.05) is 7.11 Å². The zero-order valence-corrected chi connectivity index (χ0v) is 14.9. The summed E-state index contributed by atoms with van der Waals surface area (Å²) in [5.41, 5.74) is 0.532. The predicted molar refractivity (Wildman–Crippen MR) is 91.1 cm³/mol. The van der Waals surface area contributed by atoms with Crippen molar-refractivity contribution < 1.29 is 14.3 Å². The molecule has 0 aromatic heterocycles. The van der Waals surface area contributed by atoms with E-state index in [0.717, 1.165) is 17.7 Å². The summed E-state index contributed by atoms with van der Waals surface area (Å²) in [7, 11) is 1.60. The Morgan fingerprint density at radius 3 is 2.04 bits per heavy atom. The molecule has 0 radical (unpaired) electrons. The molecule has 0 heterocycles. The molecule has 0 unspecified atom stereocenters. The summed E-state index contributed by atoms with van der Waals surface area (Å²) in [6.45, 7) is 10.5. The summed E-state index contributed by atoms with van der Waals surface area (Å²) in [5.74, 6) is -0.475. The van der Waals surface area contributed by atoms with E-state index in [1.54, 1.807) is 7.11 Å². The van der Waals surface area contributed by atoms with E-state index in [1.807, 2.05) is 38.1 Å². The predicted octanol–water partition coefficient (Wildman–Crippen LogP) is 2.64. The molecule has 5 nitrogen and oxygen atoms in total. The third-order valence-electron chi connectivity index (χ3n) is 3.24. The van der Waals surface area contributed by atoms with E-state index in [-0.39, 0.29) is 5.41 Å². The molecule has 128 valence electrons. The van der Waals surface area contributed by atoms with Gasteiger partial charge in [0.2, 0.25) is 0 Å². The van der Waals surface area contributed by atoms with Crippen molar-refractivity contribution in [2.24, 2.45) is 5.41 Å². The topological polar surface area (TPSA) is 67.4 Å². The first-order chi connectivity index (χ1) is 10.5. The van der Waals surface area contributed by atoms with Crippen molar-refractivity contribution in [1.82, 2.24) is 10.6 Å². The Balaban J connectivity index is 2.51. The van der Waals surface area contributed by atoms with Gasteiger partial charge in [0.15, 0.2) is 0 Å². The highest BCUT2D eigenvalue weighted by atomic mass is 16.5. The van der Waals surface area contributed by atoms with Crippen LogP contribution in [-0.4, -0.2) is 24.5 Å². The van der Waals surface area contributed by atoms with Crippen LogP contribution in [-0.2, 0) is 16.1 Å². The smallest absolute Gasteiger partial charge is 0.309 e. The van der Waals surface area contributed by atoms with Gasteiger partial charge in [-0.3, -0.25) is 9.59 Å². The molecule has 0 saturated heterocycles. The Morgan fingerprint density at radius 2 is 1.57 bits per heavy atom. The third kappa shape index (κ3) is 7.17. The van der Waals surface area contributed by atoms with Crippen LogP contribution in [0.4, 0.5) is 0 Å². The maximum atomic E-state index is 12.0. The number of amides is 2. The van der Waals surface area contributed by atoms with Gasteiger partial charge >= 0.3 is 11.8 Å². The number of carbonyl (C=O) groups is 2. The number of methoxy groups -OCH3 is 1.